The molecule has 0 bridgehead atoms. The van der Waals surface area contributed by atoms with Crippen LogP contribution in [0.5, 0.6) is 5.75 Å². The molecule has 2 saturated carbocycles. The summed E-state index contributed by atoms with van der Waals surface area (Å²) in [4.78, 5) is 23.7. The summed E-state index contributed by atoms with van der Waals surface area (Å²) in [5.41, 5.74) is 4.44. The van der Waals surface area contributed by atoms with Crippen molar-refractivity contribution < 1.29 is 28.5 Å². The number of para-hydroxylation sites is 1. The summed E-state index contributed by atoms with van der Waals surface area (Å²) in [5.74, 6) is 1.76. The summed E-state index contributed by atoms with van der Waals surface area (Å²) >= 11 is 0. The van der Waals surface area contributed by atoms with E-state index in [9.17, 15) is 9.59 Å². The van der Waals surface area contributed by atoms with E-state index in [0.29, 0.717) is 17.4 Å². The first kappa shape index (κ1) is 31.6. The minimum Gasteiger partial charge on any atom is -0.490 e. The zero-order valence-electron chi connectivity index (χ0n) is 25.4. The standard InChI is InChI=1S/C35H47NO6/c1-24(2)34(37)40-19-18-36-35(38)41-23-26-21-30(39-4)16-17-31(22-26)42-33-11-6-5-10-32(33)28-14-12-27(13-15-28)29-9-7-8-25(3)20-29/h5-11,20,26-28,30-31H,1,12-19,21-23H2,2-4H3,(H,36,38). The van der Waals surface area contributed by atoms with E-state index < -0.39 is 12.1 Å². The highest BCUT2D eigenvalue weighted by Gasteiger charge is 2.30. The number of carbonyl (C=O) groups is 2. The Balaban J connectivity index is 1.30. The molecule has 2 aliphatic rings. The molecule has 7 nitrogen and oxygen atoms in total. The molecule has 0 spiro atoms. The van der Waals surface area contributed by atoms with Crippen molar-refractivity contribution in [3.63, 3.8) is 0 Å². The maximum Gasteiger partial charge on any atom is 0.407 e. The van der Waals surface area contributed by atoms with Gasteiger partial charge in [-0.05, 0) is 100 Å². The number of nitrogens with one attached hydrogen (secondary N) is 1. The Morgan fingerprint density at radius 2 is 1.62 bits per heavy atom. The van der Waals surface area contributed by atoms with Gasteiger partial charge in [0, 0.05) is 12.7 Å². The topological polar surface area (TPSA) is 83.1 Å². The predicted octanol–water partition coefficient (Wildman–Crippen LogP) is 7.23. The zero-order chi connectivity index (χ0) is 29.9. The number of amides is 1. The van der Waals surface area contributed by atoms with Gasteiger partial charge in [-0.2, -0.15) is 0 Å². The number of aryl methyl sites for hydroxylation is 1. The highest BCUT2D eigenvalue weighted by atomic mass is 16.6. The van der Waals surface area contributed by atoms with Crippen LogP contribution in [0, 0.1) is 12.8 Å². The molecule has 2 aromatic rings. The summed E-state index contributed by atoms with van der Waals surface area (Å²) < 4.78 is 23.0. The maximum absolute atomic E-state index is 12.3. The first-order valence-electron chi connectivity index (χ1n) is 15.4. The Hall–Kier alpha value is -3.32. The average molecular weight is 578 g/mol. The molecule has 3 unspecified atom stereocenters. The second kappa shape index (κ2) is 15.8. The quantitative estimate of drug-likeness (QED) is 0.131. The molecule has 0 aliphatic heterocycles. The van der Waals surface area contributed by atoms with Gasteiger partial charge in [0.1, 0.15) is 12.4 Å². The summed E-state index contributed by atoms with van der Waals surface area (Å²) in [6.45, 7) is 7.82. The molecule has 0 radical (unpaired) electrons. The minimum absolute atomic E-state index is 0.0214. The zero-order valence-corrected chi connectivity index (χ0v) is 25.4. The SMILES string of the molecule is C=C(C)C(=O)OCCNC(=O)OCC1CC(OC)CCC(Oc2ccccc2C2CCC(c3cccc(C)c3)CC2)C1. The lowest BCUT2D eigenvalue weighted by Gasteiger charge is -2.31. The Morgan fingerprint density at radius 3 is 2.36 bits per heavy atom. The third-order valence-corrected chi connectivity index (χ3v) is 8.63. The van der Waals surface area contributed by atoms with Crippen LogP contribution in [0.2, 0.25) is 0 Å². The van der Waals surface area contributed by atoms with E-state index in [4.69, 9.17) is 18.9 Å². The molecule has 4 rings (SSSR count). The molecule has 2 aliphatic carbocycles. The minimum atomic E-state index is -0.524. The normalized spacial score (nSPS) is 24.2. The van der Waals surface area contributed by atoms with E-state index >= 15 is 0 Å². The third kappa shape index (κ3) is 9.35. The highest BCUT2D eigenvalue weighted by Crippen LogP contribution is 2.43. The monoisotopic (exact) mass is 577 g/mol. The van der Waals surface area contributed by atoms with Crippen LogP contribution in [0.25, 0.3) is 0 Å². The van der Waals surface area contributed by atoms with Crippen LogP contribution in [0.4, 0.5) is 4.79 Å². The van der Waals surface area contributed by atoms with E-state index in [1.807, 2.05) is 0 Å². The lowest BCUT2D eigenvalue weighted by molar-refractivity contribution is -0.138. The lowest BCUT2D eigenvalue weighted by Crippen LogP contribution is -2.31. The van der Waals surface area contributed by atoms with Crippen molar-refractivity contribution in [1.29, 1.82) is 0 Å². The van der Waals surface area contributed by atoms with Crippen LogP contribution in [0.15, 0.2) is 60.7 Å². The van der Waals surface area contributed by atoms with Gasteiger partial charge in [-0.1, -0.05) is 54.6 Å². The number of esters is 1. The number of hydrogen-bond acceptors (Lipinski definition) is 6. The molecule has 1 amide bonds. The van der Waals surface area contributed by atoms with Crippen molar-refractivity contribution in [3.05, 3.63) is 77.4 Å². The Bertz CT molecular complexity index is 1190. The van der Waals surface area contributed by atoms with Gasteiger partial charge in [-0.15, -0.1) is 0 Å². The molecular formula is C35H47NO6. The number of hydrogen-bond donors (Lipinski definition) is 1. The fourth-order valence-electron chi connectivity index (χ4n) is 6.34. The van der Waals surface area contributed by atoms with Crippen LogP contribution < -0.4 is 10.1 Å². The van der Waals surface area contributed by atoms with Crippen molar-refractivity contribution in [2.75, 3.05) is 26.9 Å². The molecule has 0 saturated heterocycles. The second-order valence-electron chi connectivity index (χ2n) is 12.0. The van der Waals surface area contributed by atoms with Gasteiger partial charge in [0.05, 0.1) is 25.4 Å². The molecule has 3 atom stereocenters. The number of benzene rings is 2. The van der Waals surface area contributed by atoms with E-state index in [0.717, 1.165) is 44.3 Å². The Labute approximate surface area is 251 Å². The molecule has 228 valence electrons. The van der Waals surface area contributed by atoms with Crippen LogP contribution in [-0.2, 0) is 19.0 Å². The Morgan fingerprint density at radius 1 is 0.905 bits per heavy atom. The molecule has 7 heteroatoms. The van der Waals surface area contributed by atoms with E-state index in [2.05, 4.69) is 67.4 Å². The number of methoxy groups -OCH3 is 1. The molecule has 0 heterocycles. The summed E-state index contributed by atoms with van der Waals surface area (Å²) in [7, 11) is 1.74. The first-order valence-corrected chi connectivity index (χ1v) is 15.4. The van der Waals surface area contributed by atoms with E-state index in [1.54, 1.807) is 14.0 Å². The van der Waals surface area contributed by atoms with Gasteiger partial charge in [0.2, 0.25) is 0 Å². The van der Waals surface area contributed by atoms with Gasteiger partial charge < -0.3 is 24.3 Å². The first-order chi connectivity index (χ1) is 20.3. The molecular weight excluding hydrogens is 530 g/mol. The number of rotatable bonds is 11. The van der Waals surface area contributed by atoms with Gasteiger partial charge >= 0.3 is 12.1 Å². The number of ether oxygens (including phenoxy) is 4. The predicted molar refractivity (Wildman–Crippen MR) is 164 cm³/mol. The second-order valence-corrected chi connectivity index (χ2v) is 12.0. The van der Waals surface area contributed by atoms with Crippen molar-refractivity contribution in [1.82, 2.24) is 5.32 Å². The Kier molecular flexibility index (Phi) is 11.9. The molecule has 42 heavy (non-hydrogen) atoms. The largest absolute Gasteiger partial charge is 0.490 e. The molecule has 0 aromatic heterocycles. The van der Waals surface area contributed by atoms with Crippen LogP contribution in [-0.4, -0.2) is 51.1 Å². The van der Waals surface area contributed by atoms with Crippen molar-refractivity contribution in [3.8, 4) is 5.75 Å². The lowest BCUT2D eigenvalue weighted by atomic mass is 9.76. The van der Waals surface area contributed by atoms with Crippen LogP contribution in [0.1, 0.15) is 86.8 Å². The van der Waals surface area contributed by atoms with E-state index in [-0.39, 0.29) is 37.9 Å². The van der Waals surface area contributed by atoms with Gasteiger partial charge in [-0.3, -0.25) is 0 Å². The van der Waals surface area contributed by atoms with Crippen molar-refractivity contribution >= 4 is 12.1 Å². The summed E-state index contributed by atoms with van der Waals surface area (Å²) in [5, 5.41) is 2.64. The van der Waals surface area contributed by atoms with Crippen LogP contribution in [0.3, 0.4) is 0 Å². The third-order valence-electron chi connectivity index (χ3n) is 8.63. The smallest absolute Gasteiger partial charge is 0.407 e. The fraction of sp³-hybridized carbons (Fsp3) is 0.543. The van der Waals surface area contributed by atoms with Gasteiger partial charge in [0.15, 0.2) is 0 Å². The van der Waals surface area contributed by atoms with Crippen molar-refractivity contribution in [2.24, 2.45) is 5.92 Å². The van der Waals surface area contributed by atoms with Crippen LogP contribution >= 0.6 is 0 Å². The number of carbonyl (C=O) groups excluding carboxylic acids is 2. The molecule has 2 aromatic carbocycles. The van der Waals surface area contributed by atoms with Gasteiger partial charge in [-0.25, -0.2) is 9.59 Å². The van der Waals surface area contributed by atoms with Gasteiger partial charge in [0.25, 0.3) is 0 Å². The summed E-state index contributed by atoms with van der Waals surface area (Å²) in [6, 6.07) is 17.5. The molecule has 2 fully saturated rings. The fourth-order valence-corrected chi connectivity index (χ4v) is 6.34. The van der Waals surface area contributed by atoms with E-state index in [1.165, 1.54) is 29.5 Å². The maximum atomic E-state index is 12.3. The highest BCUT2D eigenvalue weighted by molar-refractivity contribution is 5.86. The number of alkyl carbamates (subject to hydrolysis) is 1. The average Bonchev–Trinajstić information content (AvgIpc) is 3.20. The summed E-state index contributed by atoms with van der Waals surface area (Å²) in [6.07, 6.45) is 7.70. The molecule has 1 N–H and O–H groups in total. The van der Waals surface area contributed by atoms with Crippen molar-refractivity contribution in [2.45, 2.75) is 89.3 Å².